The van der Waals surface area contributed by atoms with Crippen LogP contribution in [-0.2, 0) is 6.54 Å². The second-order valence-corrected chi connectivity index (χ2v) is 5.08. The summed E-state index contributed by atoms with van der Waals surface area (Å²) in [6.45, 7) is 0.246. The minimum absolute atomic E-state index is 0.194. The number of nitrogens with one attached hydrogen (secondary N) is 1. The topological polar surface area (TPSA) is 21.3 Å². The van der Waals surface area contributed by atoms with Crippen LogP contribution in [0.2, 0.25) is 0 Å². The molecule has 1 N–H and O–H groups in total. The number of benzene rings is 2. The summed E-state index contributed by atoms with van der Waals surface area (Å²) in [7, 11) is 0. The first-order chi connectivity index (χ1) is 9.83. The predicted octanol–water partition coefficient (Wildman–Crippen LogP) is 5.10. The van der Waals surface area contributed by atoms with Crippen molar-refractivity contribution in [1.82, 2.24) is 0 Å². The zero-order chi connectivity index (χ0) is 15.5. The third-order valence-electron chi connectivity index (χ3n) is 2.57. The fraction of sp³-hybridized carbons (Fsp3) is 0.143. The van der Waals surface area contributed by atoms with E-state index in [0.29, 0.717) is 4.47 Å². The molecule has 2 aromatic carbocycles. The summed E-state index contributed by atoms with van der Waals surface area (Å²) in [5.74, 6) is -0.706. The molecule has 0 unspecified atom stereocenters. The van der Waals surface area contributed by atoms with Crippen molar-refractivity contribution in [2.45, 2.75) is 12.9 Å². The Balaban J connectivity index is 2.13. The third kappa shape index (κ3) is 4.93. The molecule has 112 valence electrons. The minimum Gasteiger partial charge on any atom is -0.404 e. The molecule has 0 aliphatic carbocycles. The summed E-state index contributed by atoms with van der Waals surface area (Å²) in [5.41, 5.74) is 0.928. The van der Waals surface area contributed by atoms with Gasteiger partial charge in [-0.2, -0.15) is 0 Å². The Morgan fingerprint density at radius 1 is 1.05 bits per heavy atom. The van der Waals surface area contributed by atoms with E-state index < -0.39 is 6.36 Å². The van der Waals surface area contributed by atoms with Crippen LogP contribution in [0.1, 0.15) is 5.56 Å². The number of hydrogen-bond donors (Lipinski definition) is 1. The van der Waals surface area contributed by atoms with E-state index in [-0.39, 0.29) is 23.8 Å². The van der Waals surface area contributed by atoms with Crippen molar-refractivity contribution in [2.75, 3.05) is 5.32 Å². The summed E-state index contributed by atoms with van der Waals surface area (Å²) >= 11 is 3.09. The van der Waals surface area contributed by atoms with Crippen molar-refractivity contribution in [1.29, 1.82) is 0 Å². The molecule has 0 aromatic heterocycles. The van der Waals surface area contributed by atoms with Crippen molar-refractivity contribution in [2.24, 2.45) is 0 Å². The van der Waals surface area contributed by atoms with Crippen LogP contribution < -0.4 is 10.1 Å². The number of rotatable bonds is 4. The maximum Gasteiger partial charge on any atom is 0.573 e. The van der Waals surface area contributed by atoms with Crippen LogP contribution in [0.15, 0.2) is 46.9 Å². The molecular formula is C14H10BrF4NO. The highest BCUT2D eigenvalue weighted by Crippen LogP contribution is 2.33. The maximum atomic E-state index is 12.8. The molecule has 0 atom stereocenters. The fourth-order valence-electron chi connectivity index (χ4n) is 1.65. The highest BCUT2D eigenvalue weighted by molar-refractivity contribution is 9.10. The van der Waals surface area contributed by atoms with Gasteiger partial charge in [0.15, 0.2) is 5.75 Å². The largest absolute Gasteiger partial charge is 0.573 e. The zero-order valence-corrected chi connectivity index (χ0v) is 12.1. The van der Waals surface area contributed by atoms with Crippen LogP contribution in [0.3, 0.4) is 0 Å². The second kappa shape index (κ2) is 6.34. The average molecular weight is 364 g/mol. The number of ether oxygens (including phenoxy) is 1. The van der Waals surface area contributed by atoms with Crippen LogP contribution >= 0.6 is 15.9 Å². The molecule has 0 saturated carbocycles. The normalized spacial score (nSPS) is 11.3. The Morgan fingerprint density at radius 3 is 2.33 bits per heavy atom. The predicted molar refractivity (Wildman–Crippen MR) is 74.6 cm³/mol. The Labute approximate surface area is 126 Å². The lowest BCUT2D eigenvalue weighted by molar-refractivity contribution is -0.274. The standard InChI is InChI=1S/C14H10BrF4NO/c15-10-3-6-12(13(7-10)21-14(17,18)19)20-8-9-1-4-11(16)5-2-9/h1-7,20H,8H2. The lowest BCUT2D eigenvalue weighted by Crippen LogP contribution is -2.18. The van der Waals surface area contributed by atoms with Gasteiger partial charge in [0.05, 0.1) is 5.69 Å². The van der Waals surface area contributed by atoms with Crippen LogP contribution in [-0.4, -0.2) is 6.36 Å². The Bertz CT molecular complexity index is 613. The molecule has 0 spiro atoms. The second-order valence-electron chi connectivity index (χ2n) is 4.17. The molecule has 0 saturated heterocycles. The molecule has 0 fully saturated rings. The van der Waals surface area contributed by atoms with Gasteiger partial charge in [0.25, 0.3) is 0 Å². The molecule has 0 radical (unpaired) electrons. The molecule has 0 heterocycles. The van der Waals surface area contributed by atoms with Gasteiger partial charge in [-0.25, -0.2) is 4.39 Å². The summed E-state index contributed by atoms with van der Waals surface area (Å²) in [4.78, 5) is 0. The van der Waals surface area contributed by atoms with Crippen LogP contribution in [0.25, 0.3) is 0 Å². The lowest BCUT2D eigenvalue weighted by atomic mass is 10.2. The van der Waals surface area contributed by atoms with Gasteiger partial charge < -0.3 is 10.1 Å². The Kier molecular flexibility index (Phi) is 4.72. The van der Waals surface area contributed by atoms with E-state index in [1.807, 2.05) is 0 Å². The van der Waals surface area contributed by atoms with E-state index in [2.05, 4.69) is 26.0 Å². The van der Waals surface area contributed by atoms with Crippen molar-refractivity contribution >= 4 is 21.6 Å². The van der Waals surface area contributed by atoms with E-state index in [4.69, 9.17) is 0 Å². The first-order valence-electron chi connectivity index (χ1n) is 5.87. The molecular weight excluding hydrogens is 354 g/mol. The quantitative estimate of drug-likeness (QED) is 0.763. The zero-order valence-electron chi connectivity index (χ0n) is 10.5. The molecule has 2 nitrogen and oxygen atoms in total. The fourth-order valence-corrected chi connectivity index (χ4v) is 1.99. The highest BCUT2D eigenvalue weighted by atomic mass is 79.9. The van der Waals surface area contributed by atoms with Crippen molar-refractivity contribution in [3.63, 3.8) is 0 Å². The molecule has 2 rings (SSSR count). The maximum absolute atomic E-state index is 12.8. The number of alkyl halides is 3. The van der Waals surface area contributed by atoms with Crippen molar-refractivity contribution < 1.29 is 22.3 Å². The van der Waals surface area contributed by atoms with Gasteiger partial charge in [-0.1, -0.05) is 28.1 Å². The number of anilines is 1. The van der Waals surface area contributed by atoms with Gasteiger partial charge in [-0.3, -0.25) is 0 Å². The number of hydrogen-bond acceptors (Lipinski definition) is 2. The van der Waals surface area contributed by atoms with E-state index in [0.717, 1.165) is 5.56 Å². The summed E-state index contributed by atoms with van der Waals surface area (Å²) in [6, 6.07) is 9.94. The van der Waals surface area contributed by atoms with Crippen LogP contribution in [0, 0.1) is 5.82 Å². The summed E-state index contributed by atoms with van der Waals surface area (Å²) < 4.78 is 54.3. The van der Waals surface area contributed by atoms with E-state index >= 15 is 0 Å². The monoisotopic (exact) mass is 363 g/mol. The average Bonchev–Trinajstić information content (AvgIpc) is 2.38. The summed E-state index contributed by atoms with van der Waals surface area (Å²) in [5, 5.41) is 2.83. The highest BCUT2D eigenvalue weighted by Gasteiger charge is 2.32. The van der Waals surface area contributed by atoms with Gasteiger partial charge in [-0.15, -0.1) is 13.2 Å². The molecule has 0 aliphatic heterocycles. The molecule has 0 aliphatic rings. The first kappa shape index (κ1) is 15.6. The smallest absolute Gasteiger partial charge is 0.404 e. The van der Waals surface area contributed by atoms with Gasteiger partial charge in [-0.05, 0) is 35.9 Å². The SMILES string of the molecule is Fc1ccc(CNc2ccc(Br)cc2OC(F)(F)F)cc1. The third-order valence-corrected chi connectivity index (χ3v) is 3.06. The number of halogens is 5. The van der Waals surface area contributed by atoms with E-state index in [1.165, 1.54) is 24.3 Å². The van der Waals surface area contributed by atoms with Gasteiger partial charge >= 0.3 is 6.36 Å². The Hall–Kier alpha value is -1.76. The van der Waals surface area contributed by atoms with Gasteiger partial charge in [0, 0.05) is 11.0 Å². The molecule has 7 heteroatoms. The van der Waals surface area contributed by atoms with E-state index in [1.54, 1.807) is 18.2 Å². The van der Waals surface area contributed by atoms with Gasteiger partial charge in [0.1, 0.15) is 5.82 Å². The van der Waals surface area contributed by atoms with Crippen molar-refractivity contribution in [3.05, 3.63) is 58.3 Å². The van der Waals surface area contributed by atoms with Crippen LogP contribution in [0.4, 0.5) is 23.2 Å². The van der Waals surface area contributed by atoms with Gasteiger partial charge in [0.2, 0.25) is 0 Å². The minimum atomic E-state index is -4.77. The summed E-state index contributed by atoms with van der Waals surface area (Å²) in [6.07, 6.45) is -4.77. The lowest BCUT2D eigenvalue weighted by Gasteiger charge is -2.15. The van der Waals surface area contributed by atoms with Crippen LogP contribution in [0.5, 0.6) is 5.75 Å². The Morgan fingerprint density at radius 2 is 1.71 bits per heavy atom. The van der Waals surface area contributed by atoms with E-state index in [9.17, 15) is 17.6 Å². The van der Waals surface area contributed by atoms with Crippen molar-refractivity contribution in [3.8, 4) is 5.75 Å². The first-order valence-corrected chi connectivity index (χ1v) is 6.66. The molecule has 0 amide bonds. The molecule has 0 bridgehead atoms. The molecule has 2 aromatic rings. The molecule has 21 heavy (non-hydrogen) atoms.